The molecule has 1 aliphatic rings. The van der Waals surface area contributed by atoms with Crippen LogP contribution in [0.4, 0.5) is 10.5 Å². The first kappa shape index (κ1) is 13.5. The Balaban J connectivity index is 2.07. The van der Waals surface area contributed by atoms with E-state index >= 15 is 0 Å². The molecule has 0 atom stereocenters. The molecule has 2 amide bonds. The summed E-state index contributed by atoms with van der Waals surface area (Å²) < 4.78 is 0. The minimum absolute atomic E-state index is 0.199. The predicted octanol–water partition coefficient (Wildman–Crippen LogP) is 1.36. The number of hydrogen-bond donors (Lipinski definition) is 2. The number of nitrogens with two attached hydrogens (primary N) is 1. The van der Waals surface area contributed by atoms with Gasteiger partial charge in [0, 0.05) is 31.9 Å². The Morgan fingerprint density at radius 3 is 2.26 bits per heavy atom. The van der Waals surface area contributed by atoms with E-state index < -0.39 is 6.09 Å². The summed E-state index contributed by atoms with van der Waals surface area (Å²) in [5.41, 5.74) is 6.46. The Morgan fingerprint density at radius 1 is 1.16 bits per heavy atom. The van der Waals surface area contributed by atoms with Crippen molar-refractivity contribution in [2.45, 2.75) is 0 Å². The molecule has 7 heteroatoms. The largest absolute Gasteiger partial charge is 0.465 e. The van der Waals surface area contributed by atoms with Gasteiger partial charge in [-0.3, -0.25) is 4.79 Å². The molecule has 2 rings (SSSR count). The molecular formula is C12H14ClN3O3. The zero-order valence-electron chi connectivity index (χ0n) is 10.2. The summed E-state index contributed by atoms with van der Waals surface area (Å²) in [5.74, 6) is -0.199. The number of piperazine rings is 1. The number of carbonyl (C=O) groups is 2. The Labute approximate surface area is 115 Å². The van der Waals surface area contributed by atoms with Crippen molar-refractivity contribution in [3.05, 3.63) is 28.8 Å². The van der Waals surface area contributed by atoms with E-state index in [-0.39, 0.29) is 5.91 Å². The maximum atomic E-state index is 12.2. The lowest BCUT2D eigenvalue weighted by Gasteiger charge is -2.33. The van der Waals surface area contributed by atoms with Crippen molar-refractivity contribution in [1.29, 1.82) is 0 Å². The standard InChI is InChI=1S/C12H14ClN3O3/c13-10-7-8(14)1-2-9(10)11(17)15-3-5-16(6-4-15)12(18)19/h1-2,7H,3-6,14H2,(H,18,19). The van der Waals surface area contributed by atoms with E-state index in [1.807, 2.05) is 0 Å². The van der Waals surface area contributed by atoms with Gasteiger partial charge in [-0.2, -0.15) is 0 Å². The molecule has 6 nitrogen and oxygen atoms in total. The number of benzene rings is 1. The summed E-state index contributed by atoms with van der Waals surface area (Å²) >= 11 is 5.99. The number of hydrogen-bond acceptors (Lipinski definition) is 3. The maximum Gasteiger partial charge on any atom is 0.407 e. The van der Waals surface area contributed by atoms with Crippen molar-refractivity contribution in [2.75, 3.05) is 31.9 Å². The second-order valence-corrected chi connectivity index (χ2v) is 4.71. The smallest absolute Gasteiger partial charge is 0.407 e. The molecule has 1 aromatic carbocycles. The van der Waals surface area contributed by atoms with E-state index in [2.05, 4.69) is 0 Å². The van der Waals surface area contributed by atoms with Crippen molar-refractivity contribution in [3.8, 4) is 0 Å². The highest BCUT2D eigenvalue weighted by molar-refractivity contribution is 6.34. The van der Waals surface area contributed by atoms with Crippen LogP contribution in [0.3, 0.4) is 0 Å². The van der Waals surface area contributed by atoms with Gasteiger partial charge in [-0.15, -0.1) is 0 Å². The van der Waals surface area contributed by atoms with Crippen LogP contribution in [0.5, 0.6) is 0 Å². The Hall–Kier alpha value is -1.95. The number of nitrogen functional groups attached to an aromatic ring is 1. The van der Waals surface area contributed by atoms with Crippen LogP contribution in [0, 0.1) is 0 Å². The molecule has 0 radical (unpaired) electrons. The molecule has 102 valence electrons. The lowest BCUT2D eigenvalue weighted by atomic mass is 10.1. The molecule has 1 saturated heterocycles. The molecular weight excluding hydrogens is 270 g/mol. The minimum atomic E-state index is -0.961. The average molecular weight is 284 g/mol. The summed E-state index contributed by atoms with van der Waals surface area (Å²) in [6.07, 6.45) is -0.961. The van der Waals surface area contributed by atoms with Crippen LogP contribution in [0.1, 0.15) is 10.4 Å². The van der Waals surface area contributed by atoms with E-state index in [0.717, 1.165) is 0 Å². The fraction of sp³-hybridized carbons (Fsp3) is 0.333. The molecule has 0 aliphatic carbocycles. The lowest BCUT2D eigenvalue weighted by molar-refractivity contribution is 0.0625. The molecule has 1 aliphatic heterocycles. The van der Waals surface area contributed by atoms with Crippen molar-refractivity contribution in [1.82, 2.24) is 9.80 Å². The van der Waals surface area contributed by atoms with E-state index in [4.69, 9.17) is 22.4 Å². The normalized spacial score (nSPS) is 15.4. The summed E-state index contributed by atoms with van der Waals surface area (Å²) in [6.45, 7) is 1.36. The monoisotopic (exact) mass is 283 g/mol. The van der Waals surface area contributed by atoms with Crippen LogP contribution in [-0.4, -0.2) is 53.1 Å². The van der Waals surface area contributed by atoms with E-state index in [9.17, 15) is 9.59 Å². The van der Waals surface area contributed by atoms with Crippen molar-refractivity contribution >= 4 is 29.3 Å². The van der Waals surface area contributed by atoms with Crippen LogP contribution >= 0.6 is 11.6 Å². The van der Waals surface area contributed by atoms with Gasteiger partial charge in [0.25, 0.3) is 5.91 Å². The van der Waals surface area contributed by atoms with E-state index in [1.165, 1.54) is 11.0 Å². The maximum absolute atomic E-state index is 12.2. The Bertz CT molecular complexity index is 513. The van der Waals surface area contributed by atoms with Crippen molar-refractivity contribution in [2.24, 2.45) is 0 Å². The predicted molar refractivity (Wildman–Crippen MR) is 71.4 cm³/mol. The number of halogens is 1. The molecule has 1 heterocycles. The topological polar surface area (TPSA) is 86.9 Å². The van der Waals surface area contributed by atoms with Gasteiger partial charge in [0.1, 0.15) is 0 Å². The summed E-state index contributed by atoms with van der Waals surface area (Å²) in [4.78, 5) is 25.9. The van der Waals surface area contributed by atoms with Gasteiger partial charge in [-0.25, -0.2) is 4.79 Å². The first-order valence-corrected chi connectivity index (χ1v) is 6.19. The highest BCUT2D eigenvalue weighted by Crippen LogP contribution is 2.21. The van der Waals surface area contributed by atoms with Crippen molar-refractivity contribution < 1.29 is 14.7 Å². The molecule has 1 fully saturated rings. The molecule has 0 unspecified atom stereocenters. The van der Waals surface area contributed by atoms with Gasteiger partial charge in [-0.05, 0) is 18.2 Å². The Kier molecular flexibility index (Phi) is 3.80. The highest BCUT2D eigenvalue weighted by atomic mass is 35.5. The third-order valence-corrected chi connectivity index (χ3v) is 3.37. The second-order valence-electron chi connectivity index (χ2n) is 4.30. The molecule has 1 aromatic rings. The van der Waals surface area contributed by atoms with E-state index in [0.29, 0.717) is 42.5 Å². The summed E-state index contributed by atoms with van der Waals surface area (Å²) in [5, 5.41) is 9.15. The number of carbonyl (C=O) groups excluding carboxylic acids is 1. The first-order valence-electron chi connectivity index (χ1n) is 5.81. The first-order chi connectivity index (χ1) is 8.99. The van der Waals surface area contributed by atoms with Crippen LogP contribution in [0.15, 0.2) is 18.2 Å². The fourth-order valence-electron chi connectivity index (χ4n) is 1.98. The third-order valence-electron chi connectivity index (χ3n) is 3.06. The molecule has 0 aromatic heterocycles. The lowest BCUT2D eigenvalue weighted by Crippen LogP contribution is -2.50. The number of amides is 2. The quantitative estimate of drug-likeness (QED) is 0.762. The number of nitrogens with zero attached hydrogens (tertiary/aromatic N) is 2. The van der Waals surface area contributed by atoms with Gasteiger partial charge in [0.05, 0.1) is 10.6 Å². The molecule has 0 saturated carbocycles. The van der Waals surface area contributed by atoms with Crippen molar-refractivity contribution in [3.63, 3.8) is 0 Å². The Morgan fingerprint density at radius 2 is 1.74 bits per heavy atom. The third kappa shape index (κ3) is 2.90. The van der Waals surface area contributed by atoms with E-state index in [1.54, 1.807) is 17.0 Å². The highest BCUT2D eigenvalue weighted by Gasteiger charge is 2.25. The summed E-state index contributed by atoms with van der Waals surface area (Å²) in [6, 6.07) is 4.73. The van der Waals surface area contributed by atoms with Gasteiger partial charge in [0.2, 0.25) is 0 Å². The zero-order chi connectivity index (χ0) is 14.0. The second kappa shape index (κ2) is 5.36. The van der Waals surface area contributed by atoms with Crippen LogP contribution in [0.25, 0.3) is 0 Å². The molecule has 0 bridgehead atoms. The average Bonchev–Trinajstić information content (AvgIpc) is 2.38. The number of rotatable bonds is 1. The molecule has 3 N–H and O–H groups in total. The number of carboxylic acid groups (broad SMARTS) is 1. The van der Waals surface area contributed by atoms with Crippen LogP contribution in [0.2, 0.25) is 5.02 Å². The van der Waals surface area contributed by atoms with Crippen LogP contribution < -0.4 is 5.73 Å². The summed E-state index contributed by atoms with van der Waals surface area (Å²) in [7, 11) is 0. The van der Waals surface area contributed by atoms with Crippen LogP contribution in [-0.2, 0) is 0 Å². The fourth-order valence-corrected chi connectivity index (χ4v) is 2.25. The van der Waals surface area contributed by atoms with Gasteiger partial charge in [0.15, 0.2) is 0 Å². The zero-order valence-corrected chi connectivity index (χ0v) is 10.9. The van der Waals surface area contributed by atoms with Gasteiger partial charge >= 0.3 is 6.09 Å². The number of anilines is 1. The SMILES string of the molecule is Nc1ccc(C(=O)N2CCN(C(=O)O)CC2)c(Cl)c1. The molecule has 0 spiro atoms. The van der Waals surface area contributed by atoms with Gasteiger partial charge in [-0.1, -0.05) is 11.6 Å². The molecule has 19 heavy (non-hydrogen) atoms. The minimum Gasteiger partial charge on any atom is -0.465 e. The van der Waals surface area contributed by atoms with Gasteiger partial charge < -0.3 is 20.6 Å².